The number of rotatable bonds is 4. The molecule has 2 unspecified atom stereocenters. The zero-order valence-electron chi connectivity index (χ0n) is 11.9. The Labute approximate surface area is 109 Å². The number of hydrogen-bond donors (Lipinski definition) is 1. The van der Waals surface area contributed by atoms with Crippen LogP contribution in [0.3, 0.4) is 0 Å². The number of aryl methyl sites for hydroxylation is 2. The van der Waals surface area contributed by atoms with Crippen LogP contribution in [0.2, 0.25) is 0 Å². The average Bonchev–Trinajstić information content (AvgIpc) is 2.43. The molecule has 1 aromatic rings. The predicted molar refractivity (Wildman–Crippen MR) is 74.5 cm³/mol. The summed E-state index contributed by atoms with van der Waals surface area (Å²) in [4.78, 5) is 5.74. The Morgan fingerprint density at radius 2 is 1.88 bits per heavy atom. The third-order valence-corrected chi connectivity index (χ3v) is 4.68. The van der Waals surface area contributed by atoms with Crippen molar-refractivity contribution < 1.29 is 5.11 Å². The molecule has 0 aromatic carbocycles. The molecule has 1 aromatic heterocycles. The highest BCUT2D eigenvalue weighted by molar-refractivity contribution is 7.11. The van der Waals surface area contributed by atoms with Gasteiger partial charge in [-0.1, -0.05) is 27.7 Å². The Morgan fingerprint density at radius 1 is 1.29 bits per heavy atom. The second kappa shape index (κ2) is 5.49. The molecule has 0 amide bonds. The normalized spacial score (nSPS) is 15.9. The Balaban J connectivity index is 2.52. The molecule has 0 fully saturated rings. The van der Waals surface area contributed by atoms with Crippen LogP contribution in [-0.2, 0) is 6.42 Å². The number of hydrogen-bond acceptors (Lipinski definition) is 3. The van der Waals surface area contributed by atoms with Gasteiger partial charge in [-0.05, 0) is 31.6 Å². The van der Waals surface area contributed by atoms with Crippen LogP contribution in [0.5, 0.6) is 0 Å². The summed E-state index contributed by atoms with van der Waals surface area (Å²) in [5.41, 5.74) is 1.36. The van der Waals surface area contributed by atoms with E-state index in [1.165, 1.54) is 4.88 Å². The standard InChI is InChI=1S/C14H25NOS/c1-9(14(4,5)6)7-12(16)8-13-15-10(2)11(3)17-13/h9,12,16H,7-8H2,1-6H3. The van der Waals surface area contributed by atoms with Gasteiger partial charge in [-0.15, -0.1) is 11.3 Å². The van der Waals surface area contributed by atoms with Crippen LogP contribution in [0.25, 0.3) is 0 Å². The maximum Gasteiger partial charge on any atom is 0.0956 e. The molecule has 2 atom stereocenters. The van der Waals surface area contributed by atoms with Crippen molar-refractivity contribution in [2.24, 2.45) is 11.3 Å². The van der Waals surface area contributed by atoms with E-state index in [-0.39, 0.29) is 11.5 Å². The summed E-state index contributed by atoms with van der Waals surface area (Å²) >= 11 is 1.71. The first-order valence-electron chi connectivity index (χ1n) is 6.31. The van der Waals surface area contributed by atoms with Gasteiger partial charge in [0, 0.05) is 11.3 Å². The lowest BCUT2D eigenvalue weighted by molar-refractivity contribution is 0.110. The largest absolute Gasteiger partial charge is 0.393 e. The van der Waals surface area contributed by atoms with E-state index in [2.05, 4.69) is 39.6 Å². The van der Waals surface area contributed by atoms with E-state index in [9.17, 15) is 5.11 Å². The lowest BCUT2D eigenvalue weighted by Crippen LogP contribution is -2.24. The molecule has 1 rings (SSSR count). The van der Waals surface area contributed by atoms with Crippen molar-refractivity contribution in [3.8, 4) is 0 Å². The number of thiazole rings is 1. The van der Waals surface area contributed by atoms with Crippen molar-refractivity contribution in [2.75, 3.05) is 0 Å². The topological polar surface area (TPSA) is 33.1 Å². The van der Waals surface area contributed by atoms with Crippen molar-refractivity contribution >= 4 is 11.3 Å². The van der Waals surface area contributed by atoms with Crippen molar-refractivity contribution in [3.63, 3.8) is 0 Å². The van der Waals surface area contributed by atoms with Gasteiger partial charge < -0.3 is 5.11 Å². The molecular weight excluding hydrogens is 230 g/mol. The fourth-order valence-electron chi connectivity index (χ4n) is 1.67. The summed E-state index contributed by atoms with van der Waals surface area (Å²) < 4.78 is 0. The van der Waals surface area contributed by atoms with Crippen molar-refractivity contribution in [3.05, 3.63) is 15.6 Å². The minimum atomic E-state index is -0.269. The average molecular weight is 255 g/mol. The van der Waals surface area contributed by atoms with Crippen molar-refractivity contribution in [1.29, 1.82) is 0 Å². The molecule has 0 bridgehead atoms. The maximum atomic E-state index is 10.1. The Hall–Kier alpha value is -0.410. The molecule has 1 N–H and O–H groups in total. The second-order valence-electron chi connectivity index (χ2n) is 6.11. The van der Waals surface area contributed by atoms with E-state index < -0.39 is 0 Å². The molecular formula is C14H25NOS. The molecule has 0 saturated heterocycles. The molecule has 98 valence electrons. The van der Waals surface area contributed by atoms with E-state index in [0.717, 1.165) is 17.1 Å². The van der Waals surface area contributed by atoms with E-state index >= 15 is 0 Å². The van der Waals surface area contributed by atoms with Crippen LogP contribution < -0.4 is 0 Å². The second-order valence-corrected chi connectivity index (χ2v) is 7.40. The lowest BCUT2D eigenvalue weighted by Gasteiger charge is -2.28. The first kappa shape index (κ1) is 14.7. The smallest absolute Gasteiger partial charge is 0.0956 e. The third kappa shape index (κ3) is 4.40. The molecule has 0 saturated carbocycles. The molecule has 1 heterocycles. The van der Waals surface area contributed by atoms with Crippen LogP contribution >= 0.6 is 11.3 Å². The number of nitrogens with zero attached hydrogens (tertiary/aromatic N) is 1. The zero-order valence-corrected chi connectivity index (χ0v) is 12.7. The molecule has 0 spiro atoms. The van der Waals surface area contributed by atoms with Crippen LogP contribution in [0.4, 0.5) is 0 Å². The van der Waals surface area contributed by atoms with Gasteiger partial charge in [-0.3, -0.25) is 0 Å². The molecule has 0 aliphatic heterocycles. The van der Waals surface area contributed by atoms with Gasteiger partial charge in [0.2, 0.25) is 0 Å². The van der Waals surface area contributed by atoms with E-state index in [1.807, 2.05) is 6.92 Å². The fraction of sp³-hybridized carbons (Fsp3) is 0.786. The number of aromatic nitrogens is 1. The summed E-state index contributed by atoms with van der Waals surface area (Å²) in [5.74, 6) is 0.514. The van der Waals surface area contributed by atoms with Crippen molar-refractivity contribution in [1.82, 2.24) is 4.98 Å². The highest BCUT2D eigenvalue weighted by atomic mass is 32.1. The van der Waals surface area contributed by atoms with Crippen LogP contribution in [0, 0.1) is 25.2 Å². The summed E-state index contributed by atoms with van der Waals surface area (Å²) in [6.45, 7) is 13.0. The van der Waals surface area contributed by atoms with Crippen LogP contribution in [-0.4, -0.2) is 16.2 Å². The first-order chi connectivity index (χ1) is 7.70. The molecule has 17 heavy (non-hydrogen) atoms. The number of aliphatic hydroxyl groups is 1. The summed E-state index contributed by atoms with van der Waals surface area (Å²) in [6, 6.07) is 0. The SMILES string of the molecule is Cc1nc(CC(O)CC(C)C(C)(C)C)sc1C. The quantitative estimate of drug-likeness (QED) is 0.889. The summed E-state index contributed by atoms with van der Waals surface area (Å²) in [6.07, 6.45) is 1.27. The van der Waals surface area contributed by atoms with Gasteiger partial charge in [0.25, 0.3) is 0 Å². The first-order valence-corrected chi connectivity index (χ1v) is 7.12. The van der Waals surface area contributed by atoms with Crippen LogP contribution in [0.1, 0.15) is 49.7 Å². The zero-order chi connectivity index (χ0) is 13.2. The van der Waals surface area contributed by atoms with Gasteiger partial charge in [-0.25, -0.2) is 4.98 Å². The molecule has 2 nitrogen and oxygen atoms in total. The monoisotopic (exact) mass is 255 g/mol. The molecule has 0 radical (unpaired) electrons. The Morgan fingerprint density at radius 3 is 2.29 bits per heavy atom. The van der Waals surface area contributed by atoms with Gasteiger partial charge >= 0.3 is 0 Å². The fourth-order valence-corrected chi connectivity index (χ4v) is 2.68. The third-order valence-electron chi connectivity index (χ3n) is 3.59. The Kier molecular flexibility index (Phi) is 4.73. The summed E-state index contributed by atoms with van der Waals surface area (Å²) in [5, 5.41) is 11.2. The number of aliphatic hydroxyl groups excluding tert-OH is 1. The van der Waals surface area contributed by atoms with Crippen LogP contribution in [0.15, 0.2) is 0 Å². The van der Waals surface area contributed by atoms with E-state index in [1.54, 1.807) is 11.3 Å². The van der Waals surface area contributed by atoms with Gasteiger partial charge in [0.05, 0.1) is 16.8 Å². The summed E-state index contributed by atoms with van der Waals surface area (Å²) in [7, 11) is 0. The molecule has 3 heteroatoms. The Bertz CT molecular complexity index is 345. The lowest BCUT2D eigenvalue weighted by atomic mass is 9.78. The maximum absolute atomic E-state index is 10.1. The highest BCUT2D eigenvalue weighted by Crippen LogP contribution is 2.30. The highest BCUT2D eigenvalue weighted by Gasteiger charge is 2.23. The predicted octanol–water partition coefficient (Wildman–Crippen LogP) is 3.74. The molecule has 0 aliphatic carbocycles. The van der Waals surface area contributed by atoms with Gasteiger partial charge in [-0.2, -0.15) is 0 Å². The van der Waals surface area contributed by atoms with Gasteiger partial charge in [0.15, 0.2) is 0 Å². The van der Waals surface area contributed by atoms with Gasteiger partial charge in [0.1, 0.15) is 0 Å². The van der Waals surface area contributed by atoms with E-state index in [0.29, 0.717) is 12.3 Å². The minimum absolute atomic E-state index is 0.260. The van der Waals surface area contributed by atoms with E-state index in [4.69, 9.17) is 0 Å². The minimum Gasteiger partial charge on any atom is -0.393 e. The van der Waals surface area contributed by atoms with Crippen molar-refractivity contribution in [2.45, 2.75) is 60.5 Å². The molecule has 0 aliphatic rings.